The number of carboxylic acid groups (broad SMARTS) is 1. The van der Waals surface area contributed by atoms with Crippen molar-refractivity contribution in [2.75, 3.05) is 7.11 Å². The fraction of sp³-hybridized carbons (Fsp3) is 0.154. The summed E-state index contributed by atoms with van der Waals surface area (Å²) < 4.78 is 5.07. The van der Waals surface area contributed by atoms with E-state index in [1.165, 1.54) is 19.6 Å². The van der Waals surface area contributed by atoms with Crippen molar-refractivity contribution in [2.24, 2.45) is 0 Å². The van der Waals surface area contributed by atoms with Crippen molar-refractivity contribution in [3.63, 3.8) is 0 Å². The fourth-order valence-corrected chi connectivity index (χ4v) is 1.98. The molecular weight excluding hydrogens is 268 g/mol. The molecule has 19 heavy (non-hydrogen) atoms. The predicted octanol–water partition coefficient (Wildman–Crippen LogP) is 2.43. The van der Waals surface area contributed by atoms with E-state index < -0.39 is 5.97 Å². The van der Waals surface area contributed by atoms with Gasteiger partial charge in [-0.1, -0.05) is 11.6 Å². The smallest absolute Gasteiger partial charge is 0.307 e. The molecule has 0 amide bonds. The monoisotopic (exact) mass is 278 g/mol. The van der Waals surface area contributed by atoms with Crippen LogP contribution in [0.15, 0.2) is 30.7 Å². The van der Waals surface area contributed by atoms with Gasteiger partial charge in [0.15, 0.2) is 0 Å². The lowest BCUT2D eigenvalue weighted by atomic mass is 10.0. The van der Waals surface area contributed by atoms with Crippen LogP contribution in [0.1, 0.15) is 5.56 Å². The zero-order valence-electron chi connectivity index (χ0n) is 10.1. The quantitative estimate of drug-likeness (QED) is 0.930. The topological polar surface area (TPSA) is 72.3 Å². The molecule has 0 unspecified atom stereocenters. The number of carboxylic acids is 1. The first kappa shape index (κ1) is 13.3. The molecule has 0 aliphatic heterocycles. The standard InChI is InChI=1S/C13H11ClN2O3/c1-19-11-3-2-8(4-10(11)14)13-9(5-12(17)18)6-15-7-16-13/h2-4,6-7H,5H2,1H3,(H,17,18). The third-order valence-corrected chi connectivity index (χ3v) is 2.85. The first-order valence-corrected chi connectivity index (χ1v) is 5.84. The zero-order chi connectivity index (χ0) is 13.8. The van der Waals surface area contributed by atoms with Gasteiger partial charge in [0.25, 0.3) is 0 Å². The molecule has 0 aliphatic rings. The van der Waals surface area contributed by atoms with Gasteiger partial charge in [-0.3, -0.25) is 4.79 Å². The molecule has 6 heteroatoms. The number of aromatic nitrogens is 2. The molecule has 1 heterocycles. The number of hydrogen-bond donors (Lipinski definition) is 1. The molecule has 0 radical (unpaired) electrons. The summed E-state index contributed by atoms with van der Waals surface area (Å²) in [5, 5.41) is 9.32. The Kier molecular flexibility index (Phi) is 3.97. The molecular formula is C13H11ClN2O3. The van der Waals surface area contributed by atoms with Crippen LogP contribution in [0.3, 0.4) is 0 Å². The molecule has 0 aliphatic carbocycles. The molecule has 0 saturated heterocycles. The number of aliphatic carboxylic acids is 1. The van der Waals surface area contributed by atoms with Gasteiger partial charge in [0.2, 0.25) is 0 Å². The Morgan fingerprint density at radius 3 is 2.89 bits per heavy atom. The summed E-state index contributed by atoms with van der Waals surface area (Å²) >= 11 is 6.05. The summed E-state index contributed by atoms with van der Waals surface area (Å²) in [6, 6.07) is 5.18. The van der Waals surface area contributed by atoms with Gasteiger partial charge < -0.3 is 9.84 Å². The number of carbonyl (C=O) groups is 1. The van der Waals surface area contributed by atoms with Crippen LogP contribution in [-0.2, 0) is 11.2 Å². The van der Waals surface area contributed by atoms with Gasteiger partial charge in [-0.05, 0) is 18.2 Å². The van der Waals surface area contributed by atoms with Gasteiger partial charge in [0.1, 0.15) is 12.1 Å². The number of nitrogens with zero attached hydrogens (tertiary/aromatic N) is 2. The van der Waals surface area contributed by atoms with E-state index in [4.69, 9.17) is 21.4 Å². The van der Waals surface area contributed by atoms with Crippen LogP contribution in [0.25, 0.3) is 11.3 Å². The Morgan fingerprint density at radius 1 is 1.47 bits per heavy atom. The SMILES string of the molecule is COc1ccc(-c2ncncc2CC(=O)O)cc1Cl. The lowest BCUT2D eigenvalue weighted by molar-refractivity contribution is -0.136. The molecule has 5 nitrogen and oxygen atoms in total. The summed E-state index contributed by atoms with van der Waals surface area (Å²) in [6.07, 6.45) is 2.73. The third-order valence-electron chi connectivity index (χ3n) is 2.55. The van der Waals surface area contributed by atoms with E-state index in [0.29, 0.717) is 22.0 Å². The van der Waals surface area contributed by atoms with E-state index in [0.717, 1.165) is 5.56 Å². The average molecular weight is 279 g/mol. The molecule has 1 aromatic carbocycles. The van der Waals surface area contributed by atoms with Crippen molar-refractivity contribution in [3.05, 3.63) is 41.3 Å². The Morgan fingerprint density at radius 2 is 2.26 bits per heavy atom. The van der Waals surface area contributed by atoms with Crippen LogP contribution < -0.4 is 4.74 Å². The van der Waals surface area contributed by atoms with Crippen LogP contribution in [0.4, 0.5) is 0 Å². The molecule has 0 fully saturated rings. The molecule has 2 rings (SSSR count). The van der Waals surface area contributed by atoms with Crippen LogP contribution in [0, 0.1) is 0 Å². The highest BCUT2D eigenvalue weighted by Crippen LogP contribution is 2.30. The highest BCUT2D eigenvalue weighted by Gasteiger charge is 2.12. The summed E-state index contributed by atoms with van der Waals surface area (Å²) in [5.74, 6) is -0.380. The van der Waals surface area contributed by atoms with Crippen LogP contribution in [-0.4, -0.2) is 28.2 Å². The molecule has 0 atom stereocenters. The highest BCUT2D eigenvalue weighted by molar-refractivity contribution is 6.32. The molecule has 0 saturated carbocycles. The zero-order valence-corrected chi connectivity index (χ0v) is 10.9. The summed E-state index contributed by atoms with van der Waals surface area (Å²) in [4.78, 5) is 18.8. The van der Waals surface area contributed by atoms with Gasteiger partial charge in [-0.25, -0.2) is 9.97 Å². The van der Waals surface area contributed by atoms with E-state index in [-0.39, 0.29) is 6.42 Å². The summed E-state index contributed by atoms with van der Waals surface area (Å²) in [6.45, 7) is 0. The van der Waals surface area contributed by atoms with E-state index in [1.807, 2.05) is 0 Å². The second kappa shape index (κ2) is 5.67. The minimum Gasteiger partial charge on any atom is -0.495 e. The van der Waals surface area contributed by atoms with Gasteiger partial charge in [0, 0.05) is 17.3 Å². The van der Waals surface area contributed by atoms with Gasteiger partial charge in [-0.2, -0.15) is 0 Å². The van der Waals surface area contributed by atoms with Crippen molar-refractivity contribution in [1.29, 1.82) is 0 Å². The van der Waals surface area contributed by atoms with Crippen molar-refractivity contribution in [2.45, 2.75) is 6.42 Å². The van der Waals surface area contributed by atoms with Crippen molar-refractivity contribution in [1.82, 2.24) is 9.97 Å². The van der Waals surface area contributed by atoms with Crippen molar-refractivity contribution < 1.29 is 14.6 Å². The van der Waals surface area contributed by atoms with Gasteiger partial charge in [-0.15, -0.1) is 0 Å². The van der Waals surface area contributed by atoms with Crippen molar-refractivity contribution >= 4 is 17.6 Å². The van der Waals surface area contributed by atoms with Crippen molar-refractivity contribution in [3.8, 4) is 17.0 Å². The van der Waals surface area contributed by atoms with Gasteiger partial charge in [0.05, 0.1) is 24.2 Å². The maximum Gasteiger partial charge on any atom is 0.307 e. The predicted molar refractivity (Wildman–Crippen MR) is 70.4 cm³/mol. The minimum atomic E-state index is -0.935. The number of methoxy groups -OCH3 is 1. The van der Waals surface area contributed by atoms with E-state index in [1.54, 1.807) is 18.2 Å². The van der Waals surface area contributed by atoms with Crippen LogP contribution >= 0.6 is 11.6 Å². The minimum absolute atomic E-state index is 0.139. The lowest BCUT2D eigenvalue weighted by Gasteiger charge is -2.08. The molecule has 0 spiro atoms. The first-order chi connectivity index (χ1) is 9.11. The summed E-state index contributed by atoms with van der Waals surface area (Å²) in [5.41, 5.74) is 1.82. The van der Waals surface area contributed by atoms with Crippen LogP contribution in [0.5, 0.6) is 5.75 Å². The number of ether oxygens (including phenoxy) is 1. The maximum absolute atomic E-state index is 10.8. The Hall–Kier alpha value is -2.14. The van der Waals surface area contributed by atoms with E-state index in [9.17, 15) is 4.79 Å². The number of hydrogen-bond acceptors (Lipinski definition) is 4. The molecule has 98 valence electrons. The molecule has 0 bridgehead atoms. The number of rotatable bonds is 4. The average Bonchev–Trinajstić information content (AvgIpc) is 2.38. The van der Waals surface area contributed by atoms with E-state index >= 15 is 0 Å². The Bertz CT molecular complexity index is 617. The normalized spacial score (nSPS) is 10.2. The number of benzene rings is 1. The van der Waals surface area contributed by atoms with Gasteiger partial charge >= 0.3 is 5.97 Å². The second-order valence-corrected chi connectivity index (χ2v) is 4.22. The first-order valence-electron chi connectivity index (χ1n) is 5.46. The van der Waals surface area contributed by atoms with E-state index in [2.05, 4.69) is 9.97 Å². The lowest BCUT2D eigenvalue weighted by Crippen LogP contribution is -2.03. The molecule has 1 N–H and O–H groups in total. The largest absolute Gasteiger partial charge is 0.495 e. The van der Waals surface area contributed by atoms with Crippen LogP contribution in [0.2, 0.25) is 5.02 Å². The molecule has 1 aromatic heterocycles. The number of halogens is 1. The Balaban J connectivity index is 2.46. The molecule has 2 aromatic rings. The maximum atomic E-state index is 10.8. The highest BCUT2D eigenvalue weighted by atomic mass is 35.5. The summed E-state index contributed by atoms with van der Waals surface area (Å²) in [7, 11) is 1.53. The second-order valence-electron chi connectivity index (χ2n) is 3.82. The Labute approximate surface area is 114 Å². The third kappa shape index (κ3) is 3.00. The fourth-order valence-electron chi connectivity index (χ4n) is 1.72.